The largest absolute Gasteiger partial charge is 0.497 e. The van der Waals surface area contributed by atoms with Gasteiger partial charge in [0, 0.05) is 12.6 Å². The molecule has 1 aliphatic carbocycles. The number of aliphatic carboxylic acids is 1. The highest BCUT2D eigenvalue weighted by atomic mass is 32.2. The summed E-state index contributed by atoms with van der Waals surface area (Å²) in [5.41, 5.74) is 1.08. The molecule has 1 aliphatic rings. The number of methoxy groups -OCH3 is 1. The van der Waals surface area contributed by atoms with Crippen molar-refractivity contribution in [1.29, 1.82) is 0 Å². The van der Waals surface area contributed by atoms with Crippen LogP contribution in [-0.2, 0) is 21.1 Å². The van der Waals surface area contributed by atoms with Crippen molar-refractivity contribution in [3.8, 4) is 5.75 Å². The average molecular weight is 524 g/mol. The summed E-state index contributed by atoms with van der Waals surface area (Å²) in [6.07, 6.45) is 5.66. The normalized spacial score (nSPS) is 18.6. The fourth-order valence-corrected chi connectivity index (χ4v) is 6.78. The lowest BCUT2D eigenvalue weighted by molar-refractivity contribution is -0.139. The number of urea groups is 1. The SMILES string of the molecule is COc1ccc(CCN(C(=O)Nc2ncc(S(=O)(=O)C(C)(C)C(=O)O)s2)[C@H]2CC[C@H](C)CC2)cc1. The van der Waals surface area contributed by atoms with Gasteiger partial charge in [-0.2, -0.15) is 0 Å². The topological polar surface area (TPSA) is 126 Å². The number of nitrogens with one attached hydrogen (secondary N) is 1. The summed E-state index contributed by atoms with van der Waals surface area (Å²) in [5, 5.41) is 12.2. The second-order valence-corrected chi connectivity index (χ2v) is 13.2. The highest BCUT2D eigenvalue weighted by Crippen LogP contribution is 2.32. The molecule has 3 rings (SSSR count). The molecule has 192 valence electrons. The van der Waals surface area contributed by atoms with E-state index in [4.69, 9.17) is 4.74 Å². The second-order valence-electron chi connectivity index (χ2n) is 9.44. The van der Waals surface area contributed by atoms with Gasteiger partial charge in [0.25, 0.3) is 0 Å². The van der Waals surface area contributed by atoms with Crippen LogP contribution in [0.2, 0.25) is 0 Å². The van der Waals surface area contributed by atoms with Crippen molar-refractivity contribution in [1.82, 2.24) is 9.88 Å². The Bertz CT molecular complexity index is 1140. The zero-order valence-electron chi connectivity index (χ0n) is 20.5. The van der Waals surface area contributed by atoms with E-state index in [1.807, 2.05) is 29.2 Å². The smallest absolute Gasteiger partial charge is 0.324 e. The number of carboxylic acid groups (broad SMARTS) is 1. The van der Waals surface area contributed by atoms with Crippen molar-refractivity contribution in [3.05, 3.63) is 36.0 Å². The standard InChI is InChI=1S/C24H33N3O6S2/c1-16-5-9-18(10-6-16)27(14-13-17-7-11-19(33-4)12-8-17)23(30)26-22-25-15-20(34-22)35(31,32)24(2,3)21(28)29/h7-8,11-12,15-16,18H,5-6,9-10,13-14H2,1-4H3,(H,28,29)(H,25,26,30)/t16-,18-. The van der Waals surface area contributed by atoms with Gasteiger partial charge in [-0.3, -0.25) is 10.1 Å². The molecule has 11 heteroatoms. The molecule has 1 aromatic heterocycles. The lowest BCUT2D eigenvalue weighted by atomic mass is 9.86. The van der Waals surface area contributed by atoms with E-state index in [1.165, 1.54) is 0 Å². The van der Waals surface area contributed by atoms with E-state index in [2.05, 4.69) is 17.2 Å². The molecule has 9 nitrogen and oxygen atoms in total. The second kappa shape index (κ2) is 10.9. The van der Waals surface area contributed by atoms with Crippen LogP contribution < -0.4 is 10.1 Å². The number of hydrogen-bond acceptors (Lipinski definition) is 7. The molecule has 35 heavy (non-hydrogen) atoms. The predicted octanol–water partition coefficient (Wildman–Crippen LogP) is 4.44. The Labute approximate surface area is 210 Å². The molecule has 0 atom stereocenters. The van der Waals surface area contributed by atoms with Crippen molar-refractivity contribution >= 4 is 38.3 Å². The Balaban J connectivity index is 1.75. The zero-order valence-corrected chi connectivity index (χ0v) is 22.1. The Hall–Kier alpha value is -2.66. The van der Waals surface area contributed by atoms with Crippen molar-refractivity contribution in [3.63, 3.8) is 0 Å². The molecule has 1 heterocycles. The van der Waals surface area contributed by atoms with E-state index in [9.17, 15) is 23.1 Å². The summed E-state index contributed by atoms with van der Waals surface area (Å²) < 4.78 is 28.5. The fraction of sp³-hybridized carbons (Fsp3) is 0.542. The molecule has 0 radical (unpaired) electrons. The first kappa shape index (κ1) is 26.9. The number of hydrogen-bond donors (Lipinski definition) is 2. The molecule has 1 saturated carbocycles. The van der Waals surface area contributed by atoms with Crippen LogP contribution in [0.5, 0.6) is 5.75 Å². The van der Waals surface area contributed by atoms with Crippen molar-refractivity contribution < 1.29 is 27.9 Å². The summed E-state index contributed by atoms with van der Waals surface area (Å²) in [7, 11) is -2.56. The first-order valence-corrected chi connectivity index (χ1v) is 13.9. The lowest BCUT2D eigenvalue weighted by Gasteiger charge is -2.36. The number of nitrogens with zero attached hydrogens (tertiary/aromatic N) is 2. The van der Waals surface area contributed by atoms with Crippen LogP contribution in [0.3, 0.4) is 0 Å². The number of carbonyl (C=O) groups is 2. The number of carboxylic acids is 1. The molecule has 0 saturated heterocycles. The van der Waals surface area contributed by atoms with Crippen LogP contribution in [0, 0.1) is 5.92 Å². The highest BCUT2D eigenvalue weighted by molar-refractivity contribution is 7.95. The molecule has 1 aromatic carbocycles. The highest BCUT2D eigenvalue weighted by Gasteiger charge is 2.44. The maximum absolute atomic E-state index is 13.3. The van der Waals surface area contributed by atoms with Gasteiger partial charge in [0.15, 0.2) is 9.88 Å². The molecule has 0 bridgehead atoms. The van der Waals surface area contributed by atoms with Gasteiger partial charge in [0.2, 0.25) is 9.84 Å². The number of rotatable bonds is 9. The van der Waals surface area contributed by atoms with Crippen LogP contribution in [-0.4, -0.2) is 59.9 Å². The molecule has 0 spiro atoms. The van der Waals surface area contributed by atoms with E-state index in [1.54, 1.807) is 7.11 Å². The molecule has 1 fully saturated rings. The van der Waals surface area contributed by atoms with Crippen molar-refractivity contribution in [2.45, 2.75) is 67.9 Å². The van der Waals surface area contributed by atoms with Gasteiger partial charge in [-0.05, 0) is 69.6 Å². The van der Waals surface area contributed by atoms with Crippen molar-refractivity contribution in [2.75, 3.05) is 19.0 Å². The molecular weight excluding hydrogens is 490 g/mol. The number of amides is 2. The van der Waals surface area contributed by atoms with Crippen molar-refractivity contribution in [2.24, 2.45) is 5.92 Å². The van der Waals surface area contributed by atoms with E-state index in [0.717, 1.165) is 68.4 Å². The molecule has 2 amide bonds. The molecule has 0 unspecified atom stereocenters. The number of aromatic nitrogens is 1. The number of thiazole rings is 1. The lowest BCUT2D eigenvalue weighted by Crippen LogP contribution is -2.45. The number of sulfone groups is 1. The van der Waals surface area contributed by atoms with Crippen LogP contribution in [0.4, 0.5) is 9.93 Å². The third kappa shape index (κ3) is 6.13. The third-order valence-corrected chi connectivity index (χ3v) is 10.4. The van der Waals surface area contributed by atoms with Crippen LogP contribution in [0.25, 0.3) is 0 Å². The third-order valence-electron chi connectivity index (χ3n) is 6.64. The quantitative estimate of drug-likeness (QED) is 0.497. The molecule has 0 aliphatic heterocycles. The van der Waals surface area contributed by atoms with E-state index >= 15 is 0 Å². The zero-order chi connectivity index (χ0) is 25.8. The van der Waals surface area contributed by atoms with E-state index in [0.29, 0.717) is 18.9 Å². The van der Waals surface area contributed by atoms with Gasteiger partial charge in [0.1, 0.15) is 9.96 Å². The minimum atomic E-state index is -4.17. The summed E-state index contributed by atoms with van der Waals surface area (Å²) in [6, 6.07) is 7.46. The molecule has 2 aromatic rings. The maximum atomic E-state index is 13.3. The Morgan fingerprint density at radius 3 is 2.40 bits per heavy atom. The van der Waals surface area contributed by atoms with Gasteiger partial charge >= 0.3 is 12.0 Å². The Kier molecular flexibility index (Phi) is 8.42. The first-order valence-electron chi connectivity index (χ1n) is 11.6. The summed E-state index contributed by atoms with van der Waals surface area (Å²) >= 11 is 0.761. The number of benzene rings is 1. The monoisotopic (exact) mass is 523 g/mol. The number of carbonyl (C=O) groups excluding carboxylic acids is 1. The molecule has 2 N–H and O–H groups in total. The number of anilines is 1. The van der Waals surface area contributed by atoms with Crippen LogP contribution in [0.1, 0.15) is 52.0 Å². The van der Waals surface area contributed by atoms with Crippen LogP contribution >= 0.6 is 11.3 Å². The molecular formula is C24H33N3O6S2. The van der Waals surface area contributed by atoms with Gasteiger partial charge in [-0.15, -0.1) is 0 Å². The average Bonchev–Trinajstić information content (AvgIpc) is 3.29. The number of ether oxygens (including phenoxy) is 1. The first-order chi connectivity index (χ1) is 16.5. The predicted molar refractivity (Wildman–Crippen MR) is 135 cm³/mol. The minimum absolute atomic E-state index is 0.0820. The summed E-state index contributed by atoms with van der Waals surface area (Å²) in [6.45, 7) is 4.98. The van der Waals surface area contributed by atoms with Gasteiger partial charge in [-0.25, -0.2) is 18.2 Å². The van der Waals surface area contributed by atoms with E-state index in [-0.39, 0.29) is 21.4 Å². The van der Waals surface area contributed by atoms with E-state index < -0.39 is 20.6 Å². The Morgan fingerprint density at radius 2 is 1.83 bits per heavy atom. The summed E-state index contributed by atoms with van der Waals surface area (Å²) in [4.78, 5) is 30.6. The fourth-order valence-electron chi connectivity index (χ4n) is 4.02. The summed E-state index contributed by atoms with van der Waals surface area (Å²) in [5.74, 6) is -0.0556. The van der Waals surface area contributed by atoms with Gasteiger partial charge in [0.05, 0.1) is 13.3 Å². The van der Waals surface area contributed by atoms with Gasteiger partial charge < -0.3 is 14.7 Å². The van der Waals surface area contributed by atoms with Crippen LogP contribution in [0.15, 0.2) is 34.7 Å². The van der Waals surface area contributed by atoms with Gasteiger partial charge in [-0.1, -0.05) is 30.4 Å². The Morgan fingerprint density at radius 1 is 1.20 bits per heavy atom. The maximum Gasteiger partial charge on any atom is 0.324 e. The minimum Gasteiger partial charge on any atom is -0.497 e.